The van der Waals surface area contributed by atoms with E-state index in [1.165, 1.54) is 0 Å². The highest BCUT2D eigenvalue weighted by Gasteiger charge is 2.14. The molecule has 0 spiro atoms. The van der Waals surface area contributed by atoms with E-state index in [0.29, 0.717) is 5.75 Å². The Labute approximate surface area is 137 Å². The summed E-state index contributed by atoms with van der Waals surface area (Å²) in [7, 11) is 1.67. The Morgan fingerprint density at radius 3 is 2.73 bits per heavy atom. The van der Waals surface area contributed by atoms with E-state index >= 15 is 0 Å². The Bertz CT molecular complexity index is 847. The molecule has 0 radical (unpaired) electrons. The third kappa shape index (κ3) is 2.80. The number of methoxy groups -OCH3 is 1. The van der Waals surface area contributed by atoms with Crippen molar-refractivity contribution in [3.05, 3.63) is 35.5 Å². The molecule has 2 heterocycles. The van der Waals surface area contributed by atoms with Gasteiger partial charge in [0.25, 0.3) is 0 Å². The summed E-state index contributed by atoms with van der Waals surface area (Å²) in [6.45, 7) is 1.91. The summed E-state index contributed by atoms with van der Waals surface area (Å²) in [6.07, 6.45) is 5.39. The molecule has 0 amide bonds. The van der Waals surface area contributed by atoms with Crippen molar-refractivity contribution in [3.8, 4) is 29.2 Å². The van der Waals surface area contributed by atoms with Crippen LogP contribution in [-0.4, -0.2) is 22.8 Å². The molecule has 0 aliphatic heterocycles. The van der Waals surface area contributed by atoms with E-state index in [9.17, 15) is 0 Å². The van der Waals surface area contributed by atoms with Crippen molar-refractivity contribution >= 4 is 33.3 Å². The zero-order valence-electron chi connectivity index (χ0n) is 12.3. The number of rotatable bonds is 4. The van der Waals surface area contributed by atoms with Crippen LogP contribution in [0.3, 0.4) is 0 Å². The quantitative estimate of drug-likeness (QED) is 0.404. The second kappa shape index (κ2) is 6.39. The molecule has 0 saturated carbocycles. The van der Waals surface area contributed by atoms with Crippen LogP contribution in [0.15, 0.2) is 34.7 Å². The van der Waals surface area contributed by atoms with E-state index in [-0.39, 0.29) is 0 Å². The molecule has 1 aromatic carbocycles. The van der Waals surface area contributed by atoms with Gasteiger partial charge in [-0.25, -0.2) is 9.97 Å². The van der Waals surface area contributed by atoms with Gasteiger partial charge in [-0.2, -0.15) is 0 Å². The molecule has 0 unspecified atom stereocenters. The molecule has 3 nitrogen and oxygen atoms in total. The lowest BCUT2D eigenvalue weighted by atomic mass is 10.1. The van der Waals surface area contributed by atoms with Gasteiger partial charge in [0, 0.05) is 10.9 Å². The number of benzene rings is 1. The summed E-state index contributed by atoms with van der Waals surface area (Å²) in [5.74, 6) is 4.87. The van der Waals surface area contributed by atoms with Crippen LogP contribution in [0, 0.1) is 19.3 Å². The van der Waals surface area contributed by atoms with Crippen molar-refractivity contribution in [3.63, 3.8) is 0 Å². The number of fused-ring (bicyclic) bond motifs is 1. The number of hydrogen-bond acceptors (Lipinski definition) is 5. The van der Waals surface area contributed by atoms with Gasteiger partial charge in [0.05, 0.1) is 18.2 Å². The fourth-order valence-corrected chi connectivity index (χ4v) is 4.03. The number of hydrogen-bond donors (Lipinski definition) is 0. The molecule has 22 heavy (non-hydrogen) atoms. The Kier molecular flexibility index (Phi) is 4.32. The third-order valence-corrected chi connectivity index (χ3v) is 4.96. The van der Waals surface area contributed by atoms with Crippen LogP contribution in [0.5, 0.6) is 5.75 Å². The van der Waals surface area contributed by atoms with Crippen molar-refractivity contribution in [1.29, 1.82) is 0 Å². The molecule has 0 aliphatic carbocycles. The summed E-state index contributed by atoms with van der Waals surface area (Å²) in [4.78, 5) is 10.1. The predicted molar refractivity (Wildman–Crippen MR) is 93.7 cm³/mol. The molecule has 0 N–H and O–H groups in total. The van der Waals surface area contributed by atoms with Crippen LogP contribution in [0.2, 0.25) is 0 Å². The number of ether oxygens (including phenoxy) is 1. The molecule has 110 valence electrons. The zero-order valence-corrected chi connectivity index (χ0v) is 13.9. The van der Waals surface area contributed by atoms with E-state index < -0.39 is 0 Å². The minimum Gasteiger partial charge on any atom is -0.497 e. The molecule has 2 aromatic heterocycles. The molecule has 0 bridgehead atoms. The number of aromatic nitrogens is 2. The van der Waals surface area contributed by atoms with Crippen molar-refractivity contribution in [2.24, 2.45) is 0 Å². The summed E-state index contributed by atoms with van der Waals surface area (Å²) >= 11 is 3.21. The molecular formula is C17H14N2OS2. The molecular weight excluding hydrogens is 312 g/mol. The number of nitrogens with zero attached hydrogens (tertiary/aromatic N) is 2. The van der Waals surface area contributed by atoms with Crippen LogP contribution < -0.4 is 4.74 Å². The SMILES string of the molecule is C#CCSc1nc(C)nc2scc(-c3ccc(OC)cc3)c12. The lowest BCUT2D eigenvalue weighted by Gasteiger charge is -2.06. The van der Waals surface area contributed by atoms with Gasteiger partial charge in [0.15, 0.2) is 0 Å². The second-order valence-corrected chi connectivity index (χ2v) is 6.45. The first-order valence-electron chi connectivity index (χ1n) is 6.69. The molecule has 0 aliphatic rings. The third-order valence-electron chi connectivity index (χ3n) is 3.21. The minimum absolute atomic E-state index is 0.601. The van der Waals surface area contributed by atoms with Gasteiger partial charge >= 0.3 is 0 Å². The highest BCUT2D eigenvalue weighted by atomic mass is 32.2. The Morgan fingerprint density at radius 2 is 2.05 bits per heavy atom. The van der Waals surface area contributed by atoms with Crippen molar-refractivity contribution < 1.29 is 4.74 Å². The van der Waals surface area contributed by atoms with Crippen LogP contribution in [-0.2, 0) is 0 Å². The summed E-state index contributed by atoms with van der Waals surface area (Å²) < 4.78 is 5.22. The standard InChI is InChI=1S/C17H14N2OS2/c1-4-9-21-16-15-14(10-22-17(15)19-11(2)18-16)12-5-7-13(20-3)8-6-12/h1,5-8,10H,9H2,2-3H3. The van der Waals surface area contributed by atoms with E-state index in [4.69, 9.17) is 11.2 Å². The normalized spacial score (nSPS) is 10.6. The first-order valence-corrected chi connectivity index (χ1v) is 8.56. The van der Waals surface area contributed by atoms with E-state index in [0.717, 1.165) is 37.9 Å². The van der Waals surface area contributed by atoms with Crippen LogP contribution >= 0.6 is 23.1 Å². The highest BCUT2D eigenvalue weighted by molar-refractivity contribution is 7.99. The smallest absolute Gasteiger partial charge is 0.128 e. The van der Waals surface area contributed by atoms with Gasteiger partial charge in [-0.3, -0.25) is 0 Å². The topological polar surface area (TPSA) is 35.0 Å². The van der Waals surface area contributed by atoms with E-state index in [1.807, 2.05) is 19.1 Å². The highest BCUT2D eigenvalue weighted by Crippen LogP contribution is 2.38. The maximum absolute atomic E-state index is 5.39. The first-order chi connectivity index (χ1) is 10.7. The van der Waals surface area contributed by atoms with Crippen molar-refractivity contribution in [1.82, 2.24) is 9.97 Å². The van der Waals surface area contributed by atoms with Crippen molar-refractivity contribution in [2.45, 2.75) is 11.9 Å². The lowest BCUT2D eigenvalue weighted by molar-refractivity contribution is 0.415. The van der Waals surface area contributed by atoms with Gasteiger partial charge in [0.1, 0.15) is 21.4 Å². The number of terminal acetylenes is 1. The summed E-state index contributed by atoms with van der Waals surface area (Å²) in [5, 5.41) is 4.16. The monoisotopic (exact) mass is 326 g/mol. The van der Waals surface area contributed by atoms with Crippen molar-refractivity contribution in [2.75, 3.05) is 12.9 Å². The van der Waals surface area contributed by atoms with Gasteiger partial charge < -0.3 is 4.74 Å². The first kappa shape index (κ1) is 14.9. The molecule has 3 aromatic rings. The number of thiophene rings is 1. The fraction of sp³-hybridized carbons (Fsp3) is 0.176. The van der Waals surface area contributed by atoms with Crippen LogP contribution in [0.4, 0.5) is 0 Å². The van der Waals surface area contributed by atoms with E-state index in [1.54, 1.807) is 30.2 Å². The predicted octanol–water partition coefficient (Wildman–Crippen LogP) is 4.40. The van der Waals surface area contributed by atoms with Crippen LogP contribution in [0.1, 0.15) is 5.82 Å². The van der Waals surface area contributed by atoms with Gasteiger partial charge in [-0.15, -0.1) is 17.8 Å². The van der Waals surface area contributed by atoms with Crippen LogP contribution in [0.25, 0.3) is 21.3 Å². The zero-order chi connectivity index (χ0) is 15.5. The minimum atomic E-state index is 0.601. The number of aryl methyl sites for hydroxylation is 1. The Hall–Kier alpha value is -2.03. The average Bonchev–Trinajstić information content (AvgIpc) is 2.96. The largest absolute Gasteiger partial charge is 0.497 e. The maximum Gasteiger partial charge on any atom is 0.128 e. The molecule has 5 heteroatoms. The molecule has 0 fully saturated rings. The molecule has 0 saturated heterocycles. The average molecular weight is 326 g/mol. The molecule has 0 atom stereocenters. The van der Waals surface area contributed by atoms with Gasteiger partial charge in [-0.1, -0.05) is 29.8 Å². The maximum atomic E-state index is 5.39. The second-order valence-electron chi connectivity index (χ2n) is 4.63. The lowest BCUT2D eigenvalue weighted by Crippen LogP contribution is -1.92. The Morgan fingerprint density at radius 1 is 1.27 bits per heavy atom. The van der Waals surface area contributed by atoms with Gasteiger partial charge in [-0.05, 0) is 24.6 Å². The fourth-order valence-electron chi connectivity index (χ4n) is 2.21. The molecule has 3 rings (SSSR count). The summed E-state index contributed by atoms with van der Waals surface area (Å²) in [6, 6.07) is 8.02. The van der Waals surface area contributed by atoms with Gasteiger partial charge in [0.2, 0.25) is 0 Å². The van der Waals surface area contributed by atoms with E-state index in [2.05, 4.69) is 33.4 Å². The summed E-state index contributed by atoms with van der Waals surface area (Å²) in [5.41, 5.74) is 2.27. The Balaban J connectivity index is 2.15. The number of thioether (sulfide) groups is 1.